The van der Waals surface area contributed by atoms with Crippen LogP contribution in [0.4, 0.5) is 5.82 Å². The third kappa shape index (κ3) is 5.24. The maximum absolute atomic E-state index is 12.8. The first-order valence-electron chi connectivity index (χ1n) is 13.6. The molecule has 5 rings (SSSR count). The van der Waals surface area contributed by atoms with Crippen LogP contribution in [-0.4, -0.2) is 70.1 Å². The zero-order valence-corrected chi connectivity index (χ0v) is 22.0. The van der Waals surface area contributed by atoms with Crippen molar-refractivity contribution in [2.45, 2.75) is 59.3 Å². The maximum atomic E-state index is 12.8. The molecule has 0 saturated carbocycles. The molecule has 3 aromatic rings. The van der Waals surface area contributed by atoms with Crippen LogP contribution in [0.2, 0.25) is 0 Å². The van der Waals surface area contributed by atoms with Crippen molar-refractivity contribution in [1.82, 2.24) is 30.2 Å². The summed E-state index contributed by atoms with van der Waals surface area (Å²) in [5.74, 6) is 1.09. The summed E-state index contributed by atoms with van der Waals surface area (Å²) in [7, 11) is 0. The lowest BCUT2D eigenvalue weighted by Gasteiger charge is -2.32. The third-order valence-corrected chi connectivity index (χ3v) is 7.83. The second-order valence-corrected chi connectivity index (χ2v) is 10.5. The smallest absolute Gasteiger partial charge is 0.223 e. The SMILES string of the molecule is Cc1ccc(-n2nc3c(N4CCC(C(=O)NCCCN5CCCCC5)CC4)nnc(C)c3c2C)cc1. The van der Waals surface area contributed by atoms with Gasteiger partial charge in [-0.2, -0.15) is 10.2 Å². The summed E-state index contributed by atoms with van der Waals surface area (Å²) in [6.45, 7) is 12.0. The molecule has 2 aliphatic heterocycles. The Morgan fingerprint density at radius 1 is 0.972 bits per heavy atom. The van der Waals surface area contributed by atoms with Crippen molar-refractivity contribution in [3.05, 3.63) is 41.2 Å². The second-order valence-electron chi connectivity index (χ2n) is 10.5. The number of nitrogens with zero attached hydrogens (tertiary/aromatic N) is 6. The number of amides is 1. The number of benzene rings is 1. The number of fused-ring (bicyclic) bond motifs is 1. The highest BCUT2D eigenvalue weighted by atomic mass is 16.1. The van der Waals surface area contributed by atoms with E-state index >= 15 is 0 Å². The van der Waals surface area contributed by atoms with Crippen LogP contribution in [0, 0.1) is 26.7 Å². The van der Waals surface area contributed by atoms with Crippen LogP contribution in [-0.2, 0) is 4.79 Å². The molecule has 8 nitrogen and oxygen atoms in total. The fourth-order valence-corrected chi connectivity index (χ4v) is 5.66. The molecule has 0 spiro atoms. The van der Waals surface area contributed by atoms with Gasteiger partial charge in [0.1, 0.15) is 5.52 Å². The van der Waals surface area contributed by atoms with Gasteiger partial charge in [0, 0.05) is 25.6 Å². The standard InChI is InChI=1S/C28H39N7O/c1-20-8-10-24(11-9-20)35-22(3)25-21(2)30-31-27(26(25)32-35)34-18-12-23(13-19-34)28(36)29-14-7-17-33-15-5-4-6-16-33/h8-11,23H,4-7,12-19H2,1-3H3,(H,29,36). The zero-order chi connectivity index (χ0) is 25.1. The first-order chi connectivity index (χ1) is 17.5. The van der Waals surface area contributed by atoms with Gasteiger partial charge >= 0.3 is 0 Å². The van der Waals surface area contributed by atoms with Gasteiger partial charge < -0.3 is 15.1 Å². The van der Waals surface area contributed by atoms with Gasteiger partial charge in [-0.15, -0.1) is 5.10 Å². The lowest BCUT2D eigenvalue weighted by Crippen LogP contribution is -2.41. The first-order valence-corrected chi connectivity index (χ1v) is 13.6. The van der Waals surface area contributed by atoms with E-state index in [1.807, 2.05) is 11.6 Å². The Morgan fingerprint density at radius 3 is 2.42 bits per heavy atom. The first kappa shape index (κ1) is 24.7. The van der Waals surface area contributed by atoms with Crippen molar-refractivity contribution in [1.29, 1.82) is 0 Å². The van der Waals surface area contributed by atoms with E-state index in [0.29, 0.717) is 0 Å². The van der Waals surface area contributed by atoms with E-state index in [4.69, 9.17) is 5.10 Å². The summed E-state index contributed by atoms with van der Waals surface area (Å²) in [5, 5.41) is 18.3. The Morgan fingerprint density at radius 2 is 1.69 bits per heavy atom. The van der Waals surface area contributed by atoms with Crippen molar-refractivity contribution >= 4 is 22.6 Å². The number of piperidine rings is 2. The van der Waals surface area contributed by atoms with Crippen LogP contribution in [0.3, 0.4) is 0 Å². The topological polar surface area (TPSA) is 79.2 Å². The summed E-state index contributed by atoms with van der Waals surface area (Å²) in [4.78, 5) is 17.6. The average molecular weight is 490 g/mol. The van der Waals surface area contributed by atoms with Crippen molar-refractivity contribution in [3.63, 3.8) is 0 Å². The highest BCUT2D eigenvalue weighted by Crippen LogP contribution is 2.31. The predicted octanol–water partition coefficient (Wildman–Crippen LogP) is 3.95. The number of hydrogen-bond donors (Lipinski definition) is 1. The summed E-state index contributed by atoms with van der Waals surface area (Å²) in [5.41, 5.74) is 5.11. The lowest BCUT2D eigenvalue weighted by atomic mass is 9.95. The average Bonchev–Trinajstić information content (AvgIpc) is 3.26. The monoisotopic (exact) mass is 489 g/mol. The van der Waals surface area contributed by atoms with Crippen LogP contribution in [0.5, 0.6) is 0 Å². The van der Waals surface area contributed by atoms with Crippen LogP contribution in [0.25, 0.3) is 16.6 Å². The molecule has 36 heavy (non-hydrogen) atoms. The number of carbonyl (C=O) groups excluding carboxylic acids is 1. The van der Waals surface area contributed by atoms with E-state index in [1.165, 1.54) is 37.9 Å². The Hall–Kier alpha value is -3.00. The van der Waals surface area contributed by atoms with Gasteiger partial charge in [-0.3, -0.25) is 4.79 Å². The quantitative estimate of drug-likeness (QED) is 0.507. The molecule has 8 heteroatoms. The second kappa shape index (κ2) is 10.9. The largest absolute Gasteiger partial charge is 0.356 e. The normalized spacial score (nSPS) is 17.6. The molecule has 2 fully saturated rings. The van der Waals surface area contributed by atoms with Crippen LogP contribution >= 0.6 is 0 Å². The molecule has 2 saturated heterocycles. The molecule has 2 aromatic heterocycles. The molecule has 0 radical (unpaired) electrons. The molecule has 0 aliphatic carbocycles. The Labute approximate surface area is 214 Å². The van der Waals surface area contributed by atoms with Gasteiger partial charge in [0.05, 0.1) is 22.5 Å². The van der Waals surface area contributed by atoms with E-state index in [-0.39, 0.29) is 11.8 Å². The predicted molar refractivity (Wildman–Crippen MR) is 144 cm³/mol. The Bertz CT molecular complexity index is 1190. The van der Waals surface area contributed by atoms with Crippen molar-refractivity contribution < 1.29 is 4.79 Å². The highest BCUT2D eigenvalue weighted by molar-refractivity contribution is 5.92. The van der Waals surface area contributed by atoms with Crippen molar-refractivity contribution in [2.24, 2.45) is 5.92 Å². The number of carbonyl (C=O) groups is 1. The number of anilines is 1. The Balaban J connectivity index is 1.21. The molecular weight excluding hydrogens is 450 g/mol. The number of hydrogen-bond acceptors (Lipinski definition) is 6. The van der Waals surface area contributed by atoms with Crippen LogP contribution in [0.1, 0.15) is 55.5 Å². The van der Waals surface area contributed by atoms with E-state index in [9.17, 15) is 4.79 Å². The lowest BCUT2D eigenvalue weighted by molar-refractivity contribution is -0.125. The van der Waals surface area contributed by atoms with Gasteiger partial charge in [0.25, 0.3) is 0 Å². The van der Waals surface area contributed by atoms with Gasteiger partial charge in [0.2, 0.25) is 5.91 Å². The summed E-state index contributed by atoms with van der Waals surface area (Å²) in [6.07, 6.45) is 6.67. The molecule has 1 amide bonds. The highest BCUT2D eigenvalue weighted by Gasteiger charge is 2.28. The molecule has 2 aliphatic rings. The van der Waals surface area contributed by atoms with Crippen molar-refractivity contribution in [2.75, 3.05) is 44.2 Å². The number of aromatic nitrogens is 4. The van der Waals surface area contributed by atoms with Gasteiger partial charge in [-0.25, -0.2) is 4.68 Å². The molecular formula is C28H39N7O. The third-order valence-electron chi connectivity index (χ3n) is 7.83. The molecule has 0 bridgehead atoms. The fourth-order valence-electron chi connectivity index (χ4n) is 5.66. The summed E-state index contributed by atoms with van der Waals surface area (Å²) < 4.78 is 1.99. The van der Waals surface area contributed by atoms with Gasteiger partial charge in [0.15, 0.2) is 5.82 Å². The minimum Gasteiger partial charge on any atom is -0.356 e. The molecule has 192 valence electrons. The zero-order valence-electron chi connectivity index (χ0n) is 22.0. The van der Waals surface area contributed by atoms with Gasteiger partial charge in [-0.1, -0.05) is 24.1 Å². The van der Waals surface area contributed by atoms with Gasteiger partial charge in [-0.05, 0) is 84.6 Å². The minimum absolute atomic E-state index is 0.0667. The molecule has 1 aromatic carbocycles. The Kier molecular flexibility index (Phi) is 7.51. The maximum Gasteiger partial charge on any atom is 0.223 e. The number of rotatable bonds is 7. The molecule has 4 heterocycles. The molecule has 1 N–H and O–H groups in total. The van der Waals surface area contributed by atoms with E-state index in [2.05, 4.69) is 63.4 Å². The molecule has 0 atom stereocenters. The van der Waals surface area contributed by atoms with E-state index in [0.717, 1.165) is 79.2 Å². The van der Waals surface area contributed by atoms with Crippen LogP contribution < -0.4 is 10.2 Å². The molecule has 0 unspecified atom stereocenters. The van der Waals surface area contributed by atoms with E-state index in [1.54, 1.807) is 0 Å². The number of aryl methyl sites for hydroxylation is 3. The van der Waals surface area contributed by atoms with Crippen LogP contribution in [0.15, 0.2) is 24.3 Å². The summed E-state index contributed by atoms with van der Waals surface area (Å²) in [6, 6.07) is 8.41. The number of nitrogens with one attached hydrogen (secondary N) is 1. The van der Waals surface area contributed by atoms with E-state index < -0.39 is 0 Å². The number of likely N-dealkylation sites (tertiary alicyclic amines) is 1. The fraction of sp³-hybridized carbons (Fsp3) is 0.571. The van der Waals surface area contributed by atoms with Crippen molar-refractivity contribution in [3.8, 4) is 5.69 Å². The minimum atomic E-state index is 0.0667. The summed E-state index contributed by atoms with van der Waals surface area (Å²) >= 11 is 0.